The lowest BCUT2D eigenvalue weighted by Gasteiger charge is -1.99. The molecule has 1 aromatic heterocycles. The van der Waals surface area contributed by atoms with Gasteiger partial charge in [-0.1, -0.05) is 13.0 Å². The smallest absolute Gasteiger partial charge is 0.0875 e. The first kappa shape index (κ1) is 8.63. The van der Waals surface area contributed by atoms with E-state index >= 15 is 0 Å². The molecule has 0 bridgehead atoms. The molecule has 0 fully saturated rings. The fourth-order valence-electron chi connectivity index (χ4n) is 0.650. The summed E-state index contributed by atoms with van der Waals surface area (Å²) in [5, 5.41) is 0. The average molecular weight is 169 g/mol. The summed E-state index contributed by atoms with van der Waals surface area (Å²) in [5.41, 5.74) is 1.03. The first-order valence-electron chi connectivity index (χ1n) is 3.72. The van der Waals surface area contributed by atoms with Gasteiger partial charge in [0.1, 0.15) is 0 Å². The van der Waals surface area contributed by atoms with Crippen LogP contribution in [0.4, 0.5) is 0 Å². The minimum absolute atomic E-state index is 0.400. The van der Waals surface area contributed by atoms with Crippen LogP contribution in [0.1, 0.15) is 13.3 Å². The van der Waals surface area contributed by atoms with Crippen molar-refractivity contribution >= 4 is 14.2 Å². The second-order valence-electron chi connectivity index (χ2n) is 2.17. The van der Waals surface area contributed by atoms with Crippen LogP contribution >= 0.6 is 8.81 Å². The van der Waals surface area contributed by atoms with Crippen LogP contribution < -0.4 is 5.44 Å². The van der Waals surface area contributed by atoms with Gasteiger partial charge in [-0.3, -0.25) is 4.98 Å². The number of aromatic nitrogens is 1. The zero-order valence-electron chi connectivity index (χ0n) is 6.58. The number of rotatable bonds is 4. The molecule has 0 aliphatic carbocycles. The SMILES string of the molecule is CCCOPc1ccccn1. The van der Waals surface area contributed by atoms with Crippen LogP contribution in [0.25, 0.3) is 0 Å². The molecule has 60 valence electrons. The van der Waals surface area contributed by atoms with Crippen LogP contribution in [0, 0.1) is 0 Å². The molecule has 1 atom stereocenters. The molecule has 11 heavy (non-hydrogen) atoms. The van der Waals surface area contributed by atoms with Gasteiger partial charge in [-0.2, -0.15) is 0 Å². The summed E-state index contributed by atoms with van der Waals surface area (Å²) < 4.78 is 5.33. The first-order chi connectivity index (χ1) is 5.43. The van der Waals surface area contributed by atoms with Gasteiger partial charge in [0.25, 0.3) is 0 Å². The van der Waals surface area contributed by atoms with Crippen molar-refractivity contribution in [1.82, 2.24) is 4.98 Å². The third-order valence-electron chi connectivity index (χ3n) is 1.15. The van der Waals surface area contributed by atoms with Crippen molar-refractivity contribution in [2.24, 2.45) is 0 Å². The van der Waals surface area contributed by atoms with Gasteiger partial charge in [0, 0.05) is 6.20 Å². The number of pyridine rings is 1. The van der Waals surface area contributed by atoms with Gasteiger partial charge in [0.05, 0.1) is 20.8 Å². The Hall–Kier alpha value is -0.460. The molecule has 0 radical (unpaired) electrons. The number of hydrogen-bond donors (Lipinski definition) is 0. The predicted octanol–water partition coefficient (Wildman–Crippen LogP) is 1.73. The molecule has 0 aliphatic rings. The average Bonchev–Trinajstić information content (AvgIpc) is 2.07. The summed E-state index contributed by atoms with van der Waals surface area (Å²) in [4.78, 5) is 4.14. The van der Waals surface area contributed by atoms with Gasteiger partial charge < -0.3 is 4.52 Å². The zero-order chi connectivity index (χ0) is 7.94. The van der Waals surface area contributed by atoms with Crippen molar-refractivity contribution < 1.29 is 4.52 Å². The third-order valence-corrected chi connectivity index (χ3v) is 2.00. The van der Waals surface area contributed by atoms with E-state index < -0.39 is 0 Å². The molecule has 2 nitrogen and oxygen atoms in total. The molecule has 0 spiro atoms. The van der Waals surface area contributed by atoms with Gasteiger partial charge in [-0.05, 0) is 18.6 Å². The molecule has 1 aromatic rings. The van der Waals surface area contributed by atoms with Crippen LogP contribution in [-0.4, -0.2) is 11.6 Å². The number of hydrogen-bond acceptors (Lipinski definition) is 2. The van der Waals surface area contributed by atoms with E-state index in [1.54, 1.807) is 6.20 Å². The van der Waals surface area contributed by atoms with Gasteiger partial charge in [-0.15, -0.1) is 0 Å². The molecule has 0 N–H and O–H groups in total. The van der Waals surface area contributed by atoms with E-state index in [0.717, 1.165) is 18.5 Å². The molecule has 0 saturated carbocycles. The van der Waals surface area contributed by atoms with Crippen molar-refractivity contribution in [3.8, 4) is 0 Å². The highest BCUT2D eigenvalue weighted by Gasteiger charge is 1.90. The molecular formula is C8H12NOP. The Morgan fingerprint density at radius 3 is 3.09 bits per heavy atom. The van der Waals surface area contributed by atoms with Crippen LogP contribution in [-0.2, 0) is 4.52 Å². The maximum atomic E-state index is 5.33. The molecule has 0 aromatic carbocycles. The van der Waals surface area contributed by atoms with Crippen molar-refractivity contribution in [3.05, 3.63) is 24.4 Å². The van der Waals surface area contributed by atoms with Crippen LogP contribution in [0.2, 0.25) is 0 Å². The topological polar surface area (TPSA) is 22.1 Å². The summed E-state index contributed by atoms with van der Waals surface area (Å²) in [6, 6.07) is 5.87. The molecular weight excluding hydrogens is 157 g/mol. The van der Waals surface area contributed by atoms with Gasteiger partial charge in [0.15, 0.2) is 0 Å². The Bertz CT molecular complexity index is 191. The lowest BCUT2D eigenvalue weighted by atomic mass is 10.5. The highest BCUT2D eigenvalue weighted by atomic mass is 31.1. The van der Waals surface area contributed by atoms with E-state index in [2.05, 4.69) is 11.9 Å². The Labute approximate surface area is 68.9 Å². The minimum atomic E-state index is 0.400. The molecule has 0 aliphatic heterocycles. The van der Waals surface area contributed by atoms with Crippen molar-refractivity contribution in [2.45, 2.75) is 13.3 Å². The van der Waals surface area contributed by atoms with Crippen LogP contribution in [0.3, 0.4) is 0 Å². The van der Waals surface area contributed by atoms with E-state index in [0.29, 0.717) is 8.81 Å². The van der Waals surface area contributed by atoms with Crippen LogP contribution in [0.15, 0.2) is 24.4 Å². The van der Waals surface area contributed by atoms with E-state index in [4.69, 9.17) is 4.52 Å². The first-order valence-corrected chi connectivity index (χ1v) is 4.63. The Morgan fingerprint density at radius 2 is 2.45 bits per heavy atom. The van der Waals surface area contributed by atoms with E-state index in [-0.39, 0.29) is 0 Å². The highest BCUT2D eigenvalue weighted by molar-refractivity contribution is 7.41. The minimum Gasteiger partial charge on any atom is -0.356 e. The normalized spacial score (nSPS) is 11.0. The van der Waals surface area contributed by atoms with Crippen molar-refractivity contribution in [2.75, 3.05) is 6.61 Å². The molecule has 0 saturated heterocycles. The standard InChI is InChI=1S/C8H12NOP/c1-2-7-10-11-8-5-3-4-6-9-8/h3-6,11H,2,7H2,1H3. The Morgan fingerprint density at radius 1 is 1.55 bits per heavy atom. The van der Waals surface area contributed by atoms with Gasteiger partial charge in [0.2, 0.25) is 0 Å². The van der Waals surface area contributed by atoms with E-state index in [1.165, 1.54) is 0 Å². The molecule has 1 unspecified atom stereocenters. The summed E-state index contributed by atoms with van der Waals surface area (Å²) in [6.45, 7) is 2.93. The lowest BCUT2D eigenvalue weighted by molar-refractivity contribution is 0.366. The fourth-order valence-corrected chi connectivity index (χ4v) is 1.40. The Balaban J connectivity index is 2.28. The predicted molar refractivity (Wildman–Crippen MR) is 48.4 cm³/mol. The monoisotopic (exact) mass is 169 g/mol. The maximum absolute atomic E-state index is 5.33. The van der Waals surface area contributed by atoms with Gasteiger partial charge >= 0.3 is 0 Å². The van der Waals surface area contributed by atoms with E-state index in [9.17, 15) is 0 Å². The van der Waals surface area contributed by atoms with Crippen molar-refractivity contribution in [1.29, 1.82) is 0 Å². The zero-order valence-corrected chi connectivity index (χ0v) is 7.58. The summed E-state index contributed by atoms with van der Waals surface area (Å²) in [6.07, 6.45) is 2.86. The second-order valence-corrected chi connectivity index (χ2v) is 3.17. The van der Waals surface area contributed by atoms with Crippen LogP contribution in [0.5, 0.6) is 0 Å². The Kier molecular flexibility index (Phi) is 4.10. The second kappa shape index (κ2) is 5.22. The molecule has 1 rings (SSSR count). The number of nitrogens with zero attached hydrogens (tertiary/aromatic N) is 1. The quantitative estimate of drug-likeness (QED) is 0.505. The molecule has 0 amide bonds. The summed E-state index contributed by atoms with van der Waals surface area (Å²) >= 11 is 0. The molecule has 3 heteroatoms. The summed E-state index contributed by atoms with van der Waals surface area (Å²) in [7, 11) is 0.400. The van der Waals surface area contributed by atoms with E-state index in [1.807, 2.05) is 18.2 Å². The van der Waals surface area contributed by atoms with Gasteiger partial charge in [-0.25, -0.2) is 0 Å². The maximum Gasteiger partial charge on any atom is 0.0875 e. The third kappa shape index (κ3) is 3.45. The highest BCUT2D eigenvalue weighted by Crippen LogP contribution is 2.09. The fraction of sp³-hybridized carbons (Fsp3) is 0.375. The van der Waals surface area contributed by atoms with Crippen molar-refractivity contribution in [3.63, 3.8) is 0 Å². The summed E-state index contributed by atoms with van der Waals surface area (Å²) in [5.74, 6) is 0. The lowest BCUT2D eigenvalue weighted by Crippen LogP contribution is -1.99. The molecule has 1 heterocycles. The largest absolute Gasteiger partial charge is 0.356 e.